The van der Waals surface area contributed by atoms with Crippen LogP contribution >= 0.6 is 0 Å². The van der Waals surface area contributed by atoms with E-state index < -0.39 is 0 Å². The van der Waals surface area contributed by atoms with Gasteiger partial charge < -0.3 is 20.4 Å². The molecule has 2 saturated heterocycles. The third-order valence-corrected chi connectivity index (χ3v) is 5.06. The predicted molar refractivity (Wildman–Crippen MR) is 93.9 cm³/mol. The number of piperazine rings is 1. The highest BCUT2D eigenvalue weighted by Gasteiger charge is 2.33. The molecule has 0 aliphatic carbocycles. The van der Waals surface area contributed by atoms with E-state index in [0.717, 1.165) is 24.3 Å². The van der Waals surface area contributed by atoms with E-state index >= 15 is 0 Å². The van der Waals surface area contributed by atoms with Crippen molar-refractivity contribution >= 4 is 17.6 Å². The summed E-state index contributed by atoms with van der Waals surface area (Å²) in [5.74, 6) is 0.749. The SMILES string of the molecule is Cc1cccc(NC(=O)N2CCN(C(=O)C(C)C3CNC3)CC2)c1. The Balaban J connectivity index is 1.49. The number of nitrogens with one attached hydrogen (secondary N) is 2. The van der Waals surface area contributed by atoms with Gasteiger partial charge in [-0.05, 0) is 43.6 Å². The van der Waals surface area contributed by atoms with Gasteiger partial charge in [-0.3, -0.25) is 4.79 Å². The fraction of sp³-hybridized carbons (Fsp3) is 0.556. The van der Waals surface area contributed by atoms with Gasteiger partial charge in [-0.1, -0.05) is 19.1 Å². The smallest absolute Gasteiger partial charge is 0.321 e. The number of nitrogens with zero attached hydrogens (tertiary/aromatic N) is 2. The van der Waals surface area contributed by atoms with Crippen LogP contribution in [0.2, 0.25) is 0 Å². The van der Waals surface area contributed by atoms with Gasteiger partial charge in [-0.25, -0.2) is 4.79 Å². The molecular weight excluding hydrogens is 304 g/mol. The Bertz CT molecular complexity index is 607. The Morgan fingerprint density at radius 2 is 1.83 bits per heavy atom. The van der Waals surface area contributed by atoms with Crippen molar-refractivity contribution in [1.82, 2.24) is 15.1 Å². The average molecular weight is 330 g/mol. The predicted octanol–water partition coefficient (Wildman–Crippen LogP) is 1.53. The summed E-state index contributed by atoms with van der Waals surface area (Å²) in [4.78, 5) is 28.6. The second kappa shape index (κ2) is 7.21. The summed E-state index contributed by atoms with van der Waals surface area (Å²) in [6.07, 6.45) is 0. The minimum Gasteiger partial charge on any atom is -0.339 e. The Hall–Kier alpha value is -2.08. The minimum atomic E-state index is -0.0936. The van der Waals surface area contributed by atoms with Crippen LogP contribution in [0.25, 0.3) is 0 Å². The Kier molecular flexibility index (Phi) is 5.04. The van der Waals surface area contributed by atoms with Crippen LogP contribution in [0.4, 0.5) is 10.5 Å². The van der Waals surface area contributed by atoms with Gasteiger partial charge in [-0.2, -0.15) is 0 Å². The number of benzene rings is 1. The summed E-state index contributed by atoms with van der Waals surface area (Å²) in [6, 6.07) is 7.67. The Labute approximate surface area is 143 Å². The normalized spacial score (nSPS) is 19.6. The van der Waals surface area contributed by atoms with E-state index in [1.54, 1.807) is 4.90 Å². The molecule has 0 spiro atoms. The Morgan fingerprint density at radius 1 is 1.17 bits per heavy atom. The number of amides is 3. The van der Waals surface area contributed by atoms with Crippen LogP contribution in [0.15, 0.2) is 24.3 Å². The van der Waals surface area contributed by atoms with Gasteiger partial charge >= 0.3 is 6.03 Å². The van der Waals surface area contributed by atoms with Crippen molar-refractivity contribution in [1.29, 1.82) is 0 Å². The molecule has 0 radical (unpaired) electrons. The molecule has 2 heterocycles. The summed E-state index contributed by atoms with van der Waals surface area (Å²) >= 11 is 0. The molecule has 0 bridgehead atoms. The zero-order chi connectivity index (χ0) is 17.1. The number of urea groups is 1. The third kappa shape index (κ3) is 3.70. The standard InChI is InChI=1S/C18H26N4O2/c1-13-4-3-5-16(10-13)20-18(24)22-8-6-21(7-9-22)17(23)14(2)15-11-19-12-15/h3-5,10,14-15,19H,6-9,11-12H2,1-2H3,(H,20,24). The summed E-state index contributed by atoms with van der Waals surface area (Å²) in [5, 5.41) is 6.15. The van der Waals surface area contributed by atoms with Crippen LogP contribution < -0.4 is 10.6 Å². The highest BCUT2D eigenvalue weighted by Crippen LogP contribution is 2.19. The minimum absolute atomic E-state index is 0.0684. The molecule has 1 aromatic carbocycles. The highest BCUT2D eigenvalue weighted by atomic mass is 16.2. The molecule has 2 aliphatic heterocycles. The van der Waals surface area contributed by atoms with Crippen LogP contribution in [-0.4, -0.2) is 61.0 Å². The fourth-order valence-corrected chi connectivity index (χ4v) is 3.21. The lowest BCUT2D eigenvalue weighted by Gasteiger charge is -2.39. The molecule has 3 amide bonds. The Morgan fingerprint density at radius 3 is 2.42 bits per heavy atom. The van der Waals surface area contributed by atoms with E-state index in [2.05, 4.69) is 10.6 Å². The van der Waals surface area contributed by atoms with Crippen LogP contribution in [0.3, 0.4) is 0 Å². The quantitative estimate of drug-likeness (QED) is 0.883. The van der Waals surface area contributed by atoms with Gasteiger partial charge in [0.1, 0.15) is 0 Å². The zero-order valence-corrected chi connectivity index (χ0v) is 14.4. The number of rotatable bonds is 3. The fourth-order valence-electron chi connectivity index (χ4n) is 3.21. The molecule has 0 aromatic heterocycles. The van der Waals surface area contributed by atoms with Crippen molar-refractivity contribution in [3.8, 4) is 0 Å². The van der Waals surface area contributed by atoms with E-state index in [1.165, 1.54) is 0 Å². The highest BCUT2D eigenvalue weighted by molar-refractivity contribution is 5.89. The lowest BCUT2D eigenvalue weighted by molar-refractivity contribution is -0.138. The molecule has 1 aromatic rings. The van der Waals surface area contributed by atoms with E-state index in [9.17, 15) is 9.59 Å². The lowest BCUT2D eigenvalue weighted by Crippen LogP contribution is -2.55. The number of anilines is 1. The topological polar surface area (TPSA) is 64.7 Å². The van der Waals surface area contributed by atoms with Crippen molar-refractivity contribution < 1.29 is 9.59 Å². The number of carbonyl (C=O) groups excluding carboxylic acids is 2. The average Bonchev–Trinajstić information content (AvgIpc) is 2.52. The lowest BCUT2D eigenvalue weighted by atomic mass is 9.88. The van der Waals surface area contributed by atoms with Gasteiger partial charge in [0, 0.05) is 37.8 Å². The number of aryl methyl sites for hydroxylation is 1. The monoisotopic (exact) mass is 330 g/mol. The van der Waals surface area contributed by atoms with Gasteiger partial charge in [0.25, 0.3) is 0 Å². The first kappa shape index (κ1) is 16.8. The van der Waals surface area contributed by atoms with Crippen molar-refractivity contribution in [3.05, 3.63) is 29.8 Å². The second-order valence-electron chi connectivity index (χ2n) is 6.82. The molecular formula is C18H26N4O2. The van der Waals surface area contributed by atoms with E-state index in [0.29, 0.717) is 32.1 Å². The van der Waals surface area contributed by atoms with Gasteiger partial charge in [0.2, 0.25) is 5.91 Å². The van der Waals surface area contributed by atoms with Crippen LogP contribution in [0.1, 0.15) is 12.5 Å². The summed E-state index contributed by atoms with van der Waals surface area (Å²) in [6.45, 7) is 8.29. The molecule has 2 N–H and O–H groups in total. The molecule has 6 heteroatoms. The largest absolute Gasteiger partial charge is 0.339 e. The van der Waals surface area contributed by atoms with Crippen molar-refractivity contribution in [2.24, 2.45) is 11.8 Å². The molecule has 1 atom stereocenters. The van der Waals surface area contributed by atoms with Crippen LogP contribution in [0.5, 0.6) is 0 Å². The van der Waals surface area contributed by atoms with Crippen molar-refractivity contribution in [2.75, 3.05) is 44.6 Å². The van der Waals surface area contributed by atoms with Gasteiger partial charge in [0.05, 0.1) is 0 Å². The first-order valence-corrected chi connectivity index (χ1v) is 8.66. The third-order valence-electron chi connectivity index (χ3n) is 5.06. The van der Waals surface area contributed by atoms with Crippen LogP contribution in [0, 0.1) is 18.8 Å². The molecule has 2 fully saturated rings. The van der Waals surface area contributed by atoms with Crippen LogP contribution in [-0.2, 0) is 4.79 Å². The number of hydrogen-bond donors (Lipinski definition) is 2. The maximum absolute atomic E-state index is 12.5. The number of hydrogen-bond acceptors (Lipinski definition) is 3. The molecule has 6 nitrogen and oxygen atoms in total. The molecule has 24 heavy (non-hydrogen) atoms. The summed E-state index contributed by atoms with van der Waals surface area (Å²) in [5.41, 5.74) is 1.92. The van der Waals surface area contributed by atoms with Crippen molar-refractivity contribution in [2.45, 2.75) is 13.8 Å². The first-order chi connectivity index (χ1) is 11.5. The van der Waals surface area contributed by atoms with Gasteiger partial charge in [0.15, 0.2) is 0 Å². The summed E-state index contributed by atoms with van der Waals surface area (Å²) in [7, 11) is 0. The summed E-state index contributed by atoms with van der Waals surface area (Å²) < 4.78 is 0. The van der Waals surface area contributed by atoms with E-state index in [4.69, 9.17) is 0 Å². The molecule has 0 saturated carbocycles. The first-order valence-electron chi connectivity index (χ1n) is 8.66. The van der Waals surface area contributed by atoms with Crippen molar-refractivity contribution in [3.63, 3.8) is 0 Å². The number of carbonyl (C=O) groups is 2. The van der Waals surface area contributed by atoms with E-state index in [-0.39, 0.29) is 17.9 Å². The zero-order valence-electron chi connectivity index (χ0n) is 14.4. The molecule has 1 unspecified atom stereocenters. The molecule has 3 rings (SSSR count). The van der Waals surface area contributed by atoms with Gasteiger partial charge in [-0.15, -0.1) is 0 Å². The van der Waals surface area contributed by atoms with E-state index in [1.807, 2.05) is 43.0 Å². The maximum atomic E-state index is 12.5. The molecule has 130 valence electrons. The molecule has 2 aliphatic rings. The second-order valence-corrected chi connectivity index (χ2v) is 6.82. The maximum Gasteiger partial charge on any atom is 0.321 e.